The van der Waals surface area contributed by atoms with E-state index >= 15 is 0 Å². The molecule has 0 spiro atoms. The zero-order valence-electron chi connectivity index (χ0n) is 11.9. The van der Waals surface area contributed by atoms with Crippen LogP contribution in [0.15, 0.2) is 0 Å². The summed E-state index contributed by atoms with van der Waals surface area (Å²) in [5, 5.41) is 3.47. The van der Waals surface area contributed by atoms with Gasteiger partial charge in [-0.1, -0.05) is 13.8 Å². The van der Waals surface area contributed by atoms with Gasteiger partial charge >= 0.3 is 0 Å². The van der Waals surface area contributed by atoms with Crippen molar-refractivity contribution in [3.8, 4) is 0 Å². The number of hydrogen-bond acceptors (Lipinski definition) is 3. The highest BCUT2D eigenvalue weighted by molar-refractivity contribution is 4.72. The van der Waals surface area contributed by atoms with Gasteiger partial charge in [-0.15, -0.1) is 0 Å². The van der Waals surface area contributed by atoms with Crippen LogP contribution < -0.4 is 5.32 Å². The molecule has 1 N–H and O–H groups in total. The predicted octanol–water partition coefficient (Wildman–Crippen LogP) is 1.98. The third kappa shape index (κ3) is 8.58. The van der Waals surface area contributed by atoms with E-state index in [1.807, 2.05) is 0 Å². The molecule has 3 heteroatoms. The van der Waals surface area contributed by atoms with Crippen molar-refractivity contribution in [1.82, 2.24) is 10.2 Å². The van der Waals surface area contributed by atoms with Gasteiger partial charge in [0.2, 0.25) is 0 Å². The molecule has 1 aliphatic carbocycles. The van der Waals surface area contributed by atoms with Crippen molar-refractivity contribution in [2.45, 2.75) is 33.1 Å². The van der Waals surface area contributed by atoms with Crippen LogP contribution in [0.1, 0.15) is 33.1 Å². The molecule has 3 nitrogen and oxygen atoms in total. The Morgan fingerprint density at radius 2 is 2.18 bits per heavy atom. The maximum Gasteiger partial charge on any atom is 0.0593 e. The van der Waals surface area contributed by atoms with Crippen LogP contribution >= 0.6 is 0 Å². The van der Waals surface area contributed by atoms with Gasteiger partial charge in [-0.2, -0.15) is 0 Å². The molecule has 1 atom stereocenters. The van der Waals surface area contributed by atoms with E-state index in [1.165, 1.54) is 19.3 Å². The first kappa shape index (κ1) is 14.9. The average Bonchev–Trinajstić information content (AvgIpc) is 3.08. The van der Waals surface area contributed by atoms with E-state index in [0.29, 0.717) is 0 Å². The molecule has 1 rings (SSSR count). The molecule has 0 heterocycles. The van der Waals surface area contributed by atoms with Crippen molar-refractivity contribution >= 4 is 0 Å². The minimum Gasteiger partial charge on any atom is -0.380 e. The quantitative estimate of drug-likeness (QED) is 0.561. The van der Waals surface area contributed by atoms with Crippen LogP contribution in [0.3, 0.4) is 0 Å². The molecule has 0 aliphatic heterocycles. The van der Waals surface area contributed by atoms with Gasteiger partial charge in [0.15, 0.2) is 0 Å². The second-order valence-corrected chi connectivity index (χ2v) is 5.59. The first-order chi connectivity index (χ1) is 8.22. The third-order valence-electron chi connectivity index (χ3n) is 3.21. The van der Waals surface area contributed by atoms with Crippen molar-refractivity contribution in [3.05, 3.63) is 0 Å². The standard InChI is InChI=1S/C14H30N2O/c1-4-7-15-10-13(2)11-16(3)8-9-17-12-14-5-6-14/h13-15H,4-12H2,1-3H3. The molecule has 0 aromatic rings. The van der Waals surface area contributed by atoms with Crippen molar-refractivity contribution in [3.63, 3.8) is 0 Å². The number of nitrogens with zero attached hydrogens (tertiary/aromatic N) is 1. The molecule has 1 fully saturated rings. The fraction of sp³-hybridized carbons (Fsp3) is 1.00. The molecule has 0 aromatic carbocycles. The lowest BCUT2D eigenvalue weighted by atomic mass is 10.1. The Morgan fingerprint density at radius 3 is 2.82 bits per heavy atom. The number of nitrogens with one attached hydrogen (secondary N) is 1. The second kappa shape index (κ2) is 8.90. The summed E-state index contributed by atoms with van der Waals surface area (Å²) in [5.41, 5.74) is 0. The number of ether oxygens (including phenoxy) is 1. The topological polar surface area (TPSA) is 24.5 Å². The van der Waals surface area contributed by atoms with E-state index in [-0.39, 0.29) is 0 Å². The van der Waals surface area contributed by atoms with Crippen LogP contribution in [0, 0.1) is 11.8 Å². The smallest absolute Gasteiger partial charge is 0.0593 e. The van der Waals surface area contributed by atoms with Crippen LogP contribution in [0.5, 0.6) is 0 Å². The predicted molar refractivity (Wildman–Crippen MR) is 73.4 cm³/mol. The summed E-state index contributed by atoms with van der Waals surface area (Å²) in [6.45, 7) is 10.9. The van der Waals surface area contributed by atoms with Gasteiger partial charge in [-0.25, -0.2) is 0 Å². The lowest BCUT2D eigenvalue weighted by Gasteiger charge is -2.21. The average molecular weight is 242 g/mol. The molecular formula is C14H30N2O. The highest BCUT2D eigenvalue weighted by Crippen LogP contribution is 2.28. The Kier molecular flexibility index (Phi) is 7.82. The molecule has 0 bridgehead atoms. The molecule has 1 saturated carbocycles. The molecule has 0 radical (unpaired) electrons. The first-order valence-electron chi connectivity index (χ1n) is 7.19. The minimum absolute atomic E-state index is 0.718. The normalized spacial score (nSPS) is 17.6. The van der Waals surface area contributed by atoms with E-state index in [9.17, 15) is 0 Å². The molecule has 0 aromatic heterocycles. The molecule has 0 amide bonds. The highest BCUT2D eigenvalue weighted by Gasteiger charge is 2.20. The highest BCUT2D eigenvalue weighted by atomic mass is 16.5. The number of rotatable bonds is 11. The Morgan fingerprint density at radius 1 is 1.41 bits per heavy atom. The zero-order chi connectivity index (χ0) is 12.5. The van der Waals surface area contributed by atoms with Gasteiger partial charge < -0.3 is 15.0 Å². The van der Waals surface area contributed by atoms with Gasteiger partial charge in [0, 0.05) is 19.7 Å². The zero-order valence-corrected chi connectivity index (χ0v) is 11.9. The van der Waals surface area contributed by atoms with Gasteiger partial charge in [-0.3, -0.25) is 0 Å². The van der Waals surface area contributed by atoms with E-state index in [4.69, 9.17) is 4.74 Å². The molecule has 102 valence electrons. The van der Waals surface area contributed by atoms with Crippen LogP contribution in [-0.4, -0.2) is 51.3 Å². The summed E-state index contributed by atoms with van der Waals surface area (Å²) in [6.07, 6.45) is 3.99. The van der Waals surface area contributed by atoms with Crippen molar-refractivity contribution < 1.29 is 4.74 Å². The Balaban J connectivity index is 1.88. The molecule has 0 saturated heterocycles. The Bertz CT molecular complexity index is 183. The summed E-state index contributed by atoms with van der Waals surface area (Å²) in [7, 11) is 2.19. The van der Waals surface area contributed by atoms with Crippen LogP contribution in [-0.2, 0) is 4.74 Å². The van der Waals surface area contributed by atoms with Crippen LogP contribution in [0.25, 0.3) is 0 Å². The van der Waals surface area contributed by atoms with Gasteiger partial charge in [0.05, 0.1) is 6.61 Å². The summed E-state index contributed by atoms with van der Waals surface area (Å²) in [6, 6.07) is 0. The maximum absolute atomic E-state index is 5.65. The fourth-order valence-electron chi connectivity index (χ4n) is 1.97. The third-order valence-corrected chi connectivity index (χ3v) is 3.21. The Labute approximate surface area is 107 Å². The SMILES string of the molecule is CCCNCC(C)CN(C)CCOCC1CC1. The Hall–Kier alpha value is -0.120. The lowest BCUT2D eigenvalue weighted by molar-refractivity contribution is 0.0998. The van der Waals surface area contributed by atoms with Gasteiger partial charge in [0.1, 0.15) is 0 Å². The van der Waals surface area contributed by atoms with Gasteiger partial charge in [-0.05, 0) is 51.2 Å². The van der Waals surface area contributed by atoms with Gasteiger partial charge in [0.25, 0.3) is 0 Å². The fourth-order valence-corrected chi connectivity index (χ4v) is 1.97. The molecular weight excluding hydrogens is 212 g/mol. The summed E-state index contributed by atoms with van der Waals surface area (Å²) < 4.78 is 5.65. The van der Waals surface area contributed by atoms with E-state index in [2.05, 4.69) is 31.1 Å². The minimum atomic E-state index is 0.718. The summed E-state index contributed by atoms with van der Waals surface area (Å²) in [4.78, 5) is 2.38. The number of hydrogen-bond donors (Lipinski definition) is 1. The number of likely N-dealkylation sites (N-methyl/N-ethyl adjacent to an activating group) is 1. The van der Waals surface area contributed by atoms with E-state index < -0.39 is 0 Å². The van der Waals surface area contributed by atoms with Crippen LogP contribution in [0.4, 0.5) is 0 Å². The molecule has 1 aliphatic rings. The van der Waals surface area contributed by atoms with Crippen molar-refractivity contribution in [2.75, 3.05) is 46.4 Å². The lowest BCUT2D eigenvalue weighted by Crippen LogP contribution is -2.33. The first-order valence-corrected chi connectivity index (χ1v) is 7.19. The van der Waals surface area contributed by atoms with E-state index in [1.54, 1.807) is 0 Å². The molecule has 1 unspecified atom stereocenters. The molecule has 17 heavy (non-hydrogen) atoms. The largest absolute Gasteiger partial charge is 0.380 e. The van der Waals surface area contributed by atoms with Crippen molar-refractivity contribution in [1.29, 1.82) is 0 Å². The monoisotopic (exact) mass is 242 g/mol. The second-order valence-electron chi connectivity index (χ2n) is 5.59. The summed E-state index contributed by atoms with van der Waals surface area (Å²) >= 11 is 0. The van der Waals surface area contributed by atoms with Crippen molar-refractivity contribution in [2.24, 2.45) is 11.8 Å². The summed E-state index contributed by atoms with van der Waals surface area (Å²) in [5.74, 6) is 1.60. The van der Waals surface area contributed by atoms with Crippen LogP contribution in [0.2, 0.25) is 0 Å². The maximum atomic E-state index is 5.65. The van der Waals surface area contributed by atoms with E-state index in [0.717, 1.165) is 51.2 Å².